The third-order valence-corrected chi connectivity index (χ3v) is 7.21. The minimum Gasteiger partial charge on any atom is -0.375 e. The van der Waals surface area contributed by atoms with Gasteiger partial charge in [-0.2, -0.15) is 0 Å². The van der Waals surface area contributed by atoms with Crippen molar-refractivity contribution in [2.45, 2.75) is 12.1 Å². The zero-order valence-corrected chi connectivity index (χ0v) is 22.1. The number of thiocarbonyl (C=S) groups is 1. The van der Waals surface area contributed by atoms with Gasteiger partial charge in [-0.15, -0.1) is 0 Å². The van der Waals surface area contributed by atoms with Crippen molar-refractivity contribution >= 4 is 45.4 Å². The molecule has 1 amide bonds. The number of hydrogen-bond acceptors (Lipinski definition) is 4. The Balaban J connectivity index is 1.42. The smallest absolute Gasteiger partial charge is 0.250 e. The first-order chi connectivity index (χ1) is 19.1. The SMILES string of the molecule is COCC(=O)Nc1ccc(N2C(=S)NC(c3ccccn3)C2c2cccn2-c2ccc3ccccc3c2)cc1. The average Bonchev–Trinajstić information content (AvgIpc) is 3.58. The van der Waals surface area contributed by atoms with E-state index in [9.17, 15) is 4.79 Å². The largest absolute Gasteiger partial charge is 0.375 e. The molecule has 3 aromatic carbocycles. The predicted octanol–water partition coefficient (Wildman–Crippen LogP) is 5.79. The van der Waals surface area contributed by atoms with E-state index in [1.54, 1.807) is 6.20 Å². The fourth-order valence-electron chi connectivity index (χ4n) is 5.16. The first-order valence-corrected chi connectivity index (χ1v) is 13.1. The second-order valence-corrected chi connectivity index (χ2v) is 9.75. The molecule has 2 N–H and O–H groups in total. The molecule has 194 valence electrons. The van der Waals surface area contributed by atoms with Gasteiger partial charge in [-0.3, -0.25) is 9.78 Å². The molecular formula is C31H27N5O2S. The molecule has 8 heteroatoms. The van der Waals surface area contributed by atoms with Gasteiger partial charge in [0, 0.05) is 42.3 Å². The van der Waals surface area contributed by atoms with Crippen LogP contribution in [-0.4, -0.2) is 34.3 Å². The van der Waals surface area contributed by atoms with E-state index in [1.807, 2.05) is 42.5 Å². The molecule has 3 heterocycles. The van der Waals surface area contributed by atoms with Crippen LogP contribution in [-0.2, 0) is 9.53 Å². The van der Waals surface area contributed by atoms with Gasteiger partial charge in [0.2, 0.25) is 5.91 Å². The molecule has 1 fully saturated rings. The molecule has 7 nitrogen and oxygen atoms in total. The molecule has 0 radical (unpaired) electrons. The summed E-state index contributed by atoms with van der Waals surface area (Å²) in [5.74, 6) is -0.204. The first-order valence-electron chi connectivity index (χ1n) is 12.7. The number of amides is 1. The number of carbonyl (C=O) groups is 1. The van der Waals surface area contributed by atoms with E-state index in [-0.39, 0.29) is 24.6 Å². The maximum Gasteiger partial charge on any atom is 0.250 e. The maximum absolute atomic E-state index is 12.0. The van der Waals surface area contributed by atoms with Crippen LogP contribution in [0.1, 0.15) is 23.5 Å². The van der Waals surface area contributed by atoms with Crippen molar-refractivity contribution in [3.63, 3.8) is 0 Å². The van der Waals surface area contributed by atoms with Crippen LogP contribution in [0.25, 0.3) is 16.5 Å². The van der Waals surface area contributed by atoms with Crippen LogP contribution in [0.3, 0.4) is 0 Å². The monoisotopic (exact) mass is 533 g/mol. The minimum absolute atomic E-state index is 0.00146. The van der Waals surface area contributed by atoms with Crippen LogP contribution >= 0.6 is 12.2 Å². The van der Waals surface area contributed by atoms with E-state index in [0.717, 1.165) is 22.8 Å². The molecule has 39 heavy (non-hydrogen) atoms. The number of carbonyl (C=O) groups excluding carboxylic acids is 1. The molecule has 1 aliphatic heterocycles. The highest BCUT2D eigenvalue weighted by molar-refractivity contribution is 7.80. The Labute approximate surface area is 232 Å². The lowest BCUT2D eigenvalue weighted by atomic mass is 10.0. The van der Waals surface area contributed by atoms with E-state index in [0.29, 0.717) is 10.8 Å². The molecule has 0 aliphatic carbocycles. The molecule has 1 saturated heterocycles. The molecule has 0 spiro atoms. The standard InChI is InChI=1S/C31H27N5O2S/c1-38-20-28(37)33-23-12-15-24(16-13-23)36-30(29(34-31(36)39)26-9-4-5-17-32-26)27-10-6-18-35(27)25-14-11-21-7-2-3-8-22(21)19-25/h2-19,29-30H,20H2,1H3,(H,33,37)(H,34,39). The van der Waals surface area contributed by atoms with Gasteiger partial charge in [-0.1, -0.05) is 36.4 Å². The fraction of sp³-hybridized carbons (Fsp3) is 0.129. The van der Waals surface area contributed by atoms with Crippen LogP contribution in [0.15, 0.2) is 109 Å². The van der Waals surface area contributed by atoms with Crippen LogP contribution in [0.4, 0.5) is 11.4 Å². The van der Waals surface area contributed by atoms with Crippen LogP contribution in [0, 0.1) is 0 Å². The van der Waals surface area contributed by atoms with Crippen molar-refractivity contribution in [2.75, 3.05) is 23.9 Å². The number of hydrogen-bond donors (Lipinski definition) is 2. The zero-order valence-electron chi connectivity index (χ0n) is 21.3. The lowest BCUT2D eigenvalue weighted by Gasteiger charge is -2.29. The normalized spacial score (nSPS) is 16.8. The van der Waals surface area contributed by atoms with Gasteiger partial charge in [-0.25, -0.2) is 0 Å². The maximum atomic E-state index is 12.0. The molecule has 1 aliphatic rings. The van der Waals surface area contributed by atoms with Gasteiger partial charge in [0.15, 0.2) is 5.11 Å². The van der Waals surface area contributed by atoms with Crippen molar-refractivity contribution in [3.8, 4) is 5.69 Å². The Kier molecular flexibility index (Phi) is 6.79. The summed E-state index contributed by atoms with van der Waals surface area (Å²) in [5, 5.41) is 9.36. The number of nitrogens with one attached hydrogen (secondary N) is 2. The Morgan fingerprint density at radius 2 is 1.72 bits per heavy atom. The molecule has 2 aromatic heterocycles. The van der Waals surface area contributed by atoms with E-state index in [2.05, 4.69) is 85.9 Å². The molecule has 2 unspecified atom stereocenters. The van der Waals surface area contributed by atoms with Crippen molar-refractivity contribution in [1.82, 2.24) is 14.9 Å². The quantitative estimate of drug-likeness (QED) is 0.258. The summed E-state index contributed by atoms with van der Waals surface area (Å²) in [4.78, 5) is 18.8. The van der Waals surface area contributed by atoms with E-state index >= 15 is 0 Å². The summed E-state index contributed by atoms with van der Waals surface area (Å²) in [6, 6.07) is 32.3. The number of rotatable bonds is 7. The van der Waals surface area contributed by atoms with Gasteiger partial charge >= 0.3 is 0 Å². The number of anilines is 2. The van der Waals surface area contributed by atoms with Gasteiger partial charge in [0.05, 0.1) is 11.7 Å². The summed E-state index contributed by atoms with van der Waals surface area (Å²) in [7, 11) is 1.50. The number of ether oxygens (including phenoxy) is 1. The van der Waals surface area contributed by atoms with E-state index < -0.39 is 0 Å². The van der Waals surface area contributed by atoms with Crippen molar-refractivity contribution in [3.05, 3.63) is 121 Å². The average molecular weight is 534 g/mol. The van der Waals surface area contributed by atoms with E-state index in [1.165, 1.54) is 17.9 Å². The zero-order chi connectivity index (χ0) is 26.8. The summed E-state index contributed by atoms with van der Waals surface area (Å²) >= 11 is 5.90. The highest BCUT2D eigenvalue weighted by atomic mass is 32.1. The Morgan fingerprint density at radius 1 is 0.949 bits per heavy atom. The van der Waals surface area contributed by atoms with Crippen molar-refractivity contribution < 1.29 is 9.53 Å². The molecular weight excluding hydrogens is 506 g/mol. The van der Waals surface area contributed by atoms with Crippen molar-refractivity contribution in [2.24, 2.45) is 0 Å². The highest BCUT2D eigenvalue weighted by Gasteiger charge is 2.42. The van der Waals surface area contributed by atoms with Crippen LogP contribution in [0.5, 0.6) is 0 Å². The number of aromatic nitrogens is 2. The van der Waals surface area contributed by atoms with E-state index in [4.69, 9.17) is 17.0 Å². The number of pyridine rings is 1. The van der Waals surface area contributed by atoms with Gasteiger partial charge in [0.25, 0.3) is 0 Å². The second kappa shape index (κ2) is 10.7. The highest BCUT2D eigenvalue weighted by Crippen LogP contribution is 2.42. The predicted molar refractivity (Wildman–Crippen MR) is 158 cm³/mol. The summed E-state index contributed by atoms with van der Waals surface area (Å²) in [5.41, 5.74) is 4.65. The Hall–Kier alpha value is -4.53. The molecule has 2 atom stereocenters. The first kappa shape index (κ1) is 24.8. The van der Waals surface area contributed by atoms with Crippen molar-refractivity contribution in [1.29, 1.82) is 0 Å². The summed E-state index contributed by atoms with van der Waals surface area (Å²) in [6.07, 6.45) is 3.89. The fourth-order valence-corrected chi connectivity index (χ4v) is 5.51. The molecule has 0 saturated carbocycles. The molecule has 6 rings (SSSR count). The summed E-state index contributed by atoms with van der Waals surface area (Å²) < 4.78 is 7.14. The van der Waals surface area contributed by atoms with Gasteiger partial charge in [-0.05, 0) is 83.7 Å². The Morgan fingerprint density at radius 3 is 2.49 bits per heavy atom. The van der Waals surface area contributed by atoms with Crippen LogP contribution in [0.2, 0.25) is 0 Å². The number of benzene rings is 3. The molecule has 0 bridgehead atoms. The minimum atomic E-state index is -0.204. The lowest BCUT2D eigenvalue weighted by Crippen LogP contribution is -2.30. The van der Waals surface area contributed by atoms with Gasteiger partial charge in [0.1, 0.15) is 12.6 Å². The molecule has 5 aromatic rings. The number of methoxy groups -OCH3 is 1. The third kappa shape index (κ3) is 4.87. The number of fused-ring (bicyclic) bond motifs is 1. The van der Waals surface area contributed by atoms with Gasteiger partial charge < -0.3 is 24.8 Å². The summed E-state index contributed by atoms with van der Waals surface area (Å²) in [6.45, 7) is 0.00146. The third-order valence-electron chi connectivity index (χ3n) is 6.90. The Bertz CT molecular complexity index is 1630. The van der Waals surface area contributed by atoms with Crippen LogP contribution < -0.4 is 15.5 Å². The topological polar surface area (TPSA) is 71.4 Å². The second-order valence-electron chi connectivity index (χ2n) is 9.36. The number of nitrogens with zero attached hydrogens (tertiary/aromatic N) is 3. The lowest BCUT2D eigenvalue weighted by molar-refractivity contribution is -0.119.